The molecule has 0 aliphatic carbocycles. The average Bonchev–Trinajstić information content (AvgIpc) is 2.73. The highest BCUT2D eigenvalue weighted by Gasteiger charge is 2.51. The first-order valence-corrected chi connectivity index (χ1v) is 10.0. The Hall–Kier alpha value is -1.08. The molecule has 0 bridgehead atoms. The van der Waals surface area contributed by atoms with Gasteiger partial charge in [0.15, 0.2) is 0 Å². The lowest BCUT2D eigenvalue weighted by molar-refractivity contribution is -0.00528. The van der Waals surface area contributed by atoms with Crippen LogP contribution in [0.4, 0.5) is 5.69 Å². The number of anilines is 1. The Balaban J connectivity index is 1.91. The Labute approximate surface area is 165 Å². The lowest BCUT2D eigenvalue weighted by atomic mass is 9.78. The molecule has 3 rings (SSSR count). The van der Waals surface area contributed by atoms with Crippen LogP contribution < -0.4 is 10.4 Å². The van der Waals surface area contributed by atoms with Crippen LogP contribution >= 0.6 is 0 Å². The first kappa shape index (κ1) is 20.7. The minimum Gasteiger partial charge on any atom is -0.399 e. The van der Waals surface area contributed by atoms with Gasteiger partial charge in [-0.15, -0.1) is 0 Å². The topological polar surface area (TPSA) is 34.2 Å². The van der Waals surface area contributed by atoms with E-state index in [1.165, 1.54) is 11.3 Å². The highest BCUT2D eigenvalue weighted by molar-refractivity contribution is 6.62. The van der Waals surface area contributed by atoms with E-state index in [0.29, 0.717) is 0 Å². The quantitative estimate of drug-likeness (QED) is 0.757. The predicted octanol–water partition coefficient (Wildman–Crippen LogP) is 2.66. The molecule has 2 aliphatic rings. The number of morpholine rings is 1. The monoisotopic (exact) mass is 374 g/mol. The zero-order valence-corrected chi connectivity index (χ0v) is 18.2. The number of hydrogen-bond acceptors (Lipinski definition) is 5. The van der Waals surface area contributed by atoms with Gasteiger partial charge in [-0.3, -0.25) is 0 Å². The minimum atomic E-state index is -0.326. The molecule has 2 fully saturated rings. The van der Waals surface area contributed by atoms with Crippen LogP contribution in [0.15, 0.2) is 18.2 Å². The highest BCUT2D eigenvalue weighted by atomic mass is 16.7. The van der Waals surface area contributed by atoms with E-state index in [-0.39, 0.29) is 30.5 Å². The van der Waals surface area contributed by atoms with E-state index >= 15 is 0 Å². The zero-order chi connectivity index (χ0) is 20.0. The lowest BCUT2D eigenvalue weighted by Crippen LogP contribution is -2.46. The fourth-order valence-electron chi connectivity index (χ4n) is 3.88. The average molecular weight is 374 g/mol. The molecular weight excluding hydrogens is 339 g/mol. The van der Waals surface area contributed by atoms with E-state index < -0.39 is 0 Å². The molecule has 2 heterocycles. The van der Waals surface area contributed by atoms with E-state index in [9.17, 15) is 0 Å². The molecule has 2 aliphatic heterocycles. The molecule has 150 valence electrons. The molecule has 1 aromatic rings. The molecule has 2 unspecified atom stereocenters. The maximum Gasteiger partial charge on any atom is 0.494 e. The van der Waals surface area contributed by atoms with Crippen molar-refractivity contribution in [1.29, 1.82) is 0 Å². The van der Waals surface area contributed by atoms with E-state index in [1.807, 2.05) is 0 Å². The third-order valence-electron chi connectivity index (χ3n) is 5.88. The number of nitrogens with zero attached hydrogens (tertiary/aromatic N) is 2. The van der Waals surface area contributed by atoms with Gasteiger partial charge < -0.3 is 23.8 Å². The molecule has 6 heteroatoms. The van der Waals surface area contributed by atoms with Crippen molar-refractivity contribution in [3.8, 4) is 0 Å². The van der Waals surface area contributed by atoms with Crippen LogP contribution in [0.5, 0.6) is 0 Å². The predicted molar refractivity (Wildman–Crippen MR) is 112 cm³/mol. The first-order chi connectivity index (χ1) is 12.5. The molecule has 0 saturated carbocycles. The van der Waals surface area contributed by atoms with Crippen LogP contribution in [0.3, 0.4) is 0 Å². The van der Waals surface area contributed by atoms with Crippen LogP contribution in [0.1, 0.15) is 47.1 Å². The standard InChI is InChI=1S/C21H35BN2O3/c1-15-12-24(13-16(2)25-15)19-10-9-18(11-17(19)14-23(7)8)22-26-20(3,4)21(5,6)27-22/h9-11,15-16H,12-14H2,1-8H3. The second-order valence-electron chi connectivity index (χ2n) is 9.38. The Morgan fingerprint density at radius 2 is 1.59 bits per heavy atom. The first-order valence-electron chi connectivity index (χ1n) is 10.0. The molecule has 1 aromatic carbocycles. The molecule has 0 amide bonds. The number of rotatable bonds is 4. The summed E-state index contributed by atoms with van der Waals surface area (Å²) in [5.41, 5.74) is 3.02. The second-order valence-corrected chi connectivity index (χ2v) is 9.38. The number of hydrogen-bond donors (Lipinski definition) is 0. The van der Waals surface area contributed by atoms with Crippen molar-refractivity contribution in [2.75, 3.05) is 32.1 Å². The second kappa shape index (κ2) is 7.39. The summed E-state index contributed by atoms with van der Waals surface area (Å²) in [6.07, 6.45) is 0.479. The molecule has 5 nitrogen and oxygen atoms in total. The Kier molecular flexibility index (Phi) is 5.66. The molecule has 27 heavy (non-hydrogen) atoms. The summed E-state index contributed by atoms with van der Waals surface area (Å²) in [6, 6.07) is 6.63. The van der Waals surface area contributed by atoms with Gasteiger partial charge in [-0.2, -0.15) is 0 Å². The maximum absolute atomic E-state index is 6.26. The van der Waals surface area contributed by atoms with Gasteiger partial charge in [-0.1, -0.05) is 12.1 Å². The van der Waals surface area contributed by atoms with Crippen molar-refractivity contribution >= 4 is 18.3 Å². The van der Waals surface area contributed by atoms with E-state index in [2.05, 4.69) is 83.6 Å². The lowest BCUT2D eigenvalue weighted by Gasteiger charge is -2.38. The number of ether oxygens (including phenoxy) is 1. The molecule has 2 atom stereocenters. The summed E-state index contributed by atoms with van der Waals surface area (Å²) in [5.74, 6) is 0. The normalized spacial score (nSPS) is 27.4. The third kappa shape index (κ3) is 4.34. The smallest absolute Gasteiger partial charge is 0.399 e. The zero-order valence-electron chi connectivity index (χ0n) is 18.2. The fourth-order valence-corrected chi connectivity index (χ4v) is 3.88. The van der Waals surface area contributed by atoms with Crippen molar-refractivity contribution in [2.24, 2.45) is 0 Å². The van der Waals surface area contributed by atoms with Gasteiger partial charge in [0.2, 0.25) is 0 Å². The van der Waals surface area contributed by atoms with Crippen LogP contribution in [-0.4, -0.2) is 62.6 Å². The van der Waals surface area contributed by atoms with Gasteiger partial charge in [0, 0.05) is 25.3 Å². The number of benzene rings is 1. The molecule has 0 aromatic heterocycles. The van der Waals surface area contributed by atoms with Crippen LogP contribution in [0.25, 0.3) is 0 Å². The SMILES string of the molecule is CC1CN(c2ccc(B3OC(C)(C)C(C)(C)O3)cc2CN(C)C)CC(C)O1. The summed E-state index contributed by atoms with van der Waals surface area (Å²) < 4.78 is 18.4. The van der Waals surface area contributed by atoms with Gasteiger partial charge in [-0.05, 0) is 72.7 Å². The summed E-state index contributed by atoms with van der Waals surface area (Å²) >= 11 is 0. The summed E-state index contributed by atoms with van der Waals surface area (Å²) in [7, 11) is 3.89. The van der Waals surface area contributed by atoms with Gasteiger partial charge in [-0.25, -0.2) is 0 Å². The van der Waals surface area contributed by atoms with Crippen LogP contribution in [-0.2, 0) is 20.6 Å². The van der Waals surface area contributed by atoms with Gasteiger partial charge in [0.05, 0.1) is 23.4 Å². The van der Waals surface area contributed by atoms with Gasteiger partial charge in [0.1, 0.15) is 0 Å². The molecule has 2 saturated heterocycles. The van der Waals surface area contributed by atoms with Crippen LogP contribution in [0, 0.1) is 0 Å². The van der Waals surface area contributed by atoms with Crippen molar-refractivity contribution < 1.29 is 14.0 Å². The van der Waals surface area contributed by atoms with Crippen molar-refractivity contribution in [2.45, 2.75) is 71.5 Å². The van der Waals surface area contributed by atoms with E-state index in [0.717, 1.165) is 25.1 Å². The fraction of sp³-hybridized carbons (Fsp3) is 0.714. The highest BCUT2D eigenvalue weighted by Crippen LogP contribution is 2.37. The summed E-state index contributed by atoms with van der Waals surface area (Å²) in [6.45, 7) is 15.4. The van der Waals surface area contributed by atoms with Gasteiger partial charge in [0.25, 0.3) is 0 Å². The van der Waals surface area contributed by atoms with Crippen molar-refractivity contribution in [3.63, 3.8) is 0 Å². The Morgan fingerprint density at radius 1 is 1.04 bits per heavy atom. The molecular formula is C21H35BN2O3. The van der Waals surface area contributed by atoms with Crippen molar-refractivity contribution in [1.82, 2.24) is 4.90 Å². The summed E-state index contributed by atoms with van der Waals surface area (Å²) in [5, 5.41) is 0. The molecule has 0 radical (unpaired) electrons. The van der Waals surface area contributed by atoms with Gasteiger partial charge >= 0.3 is 7.12 Å². The van der Waals surface area contributed by atoms with E-state index in [1.54, 1.807) is 0 Å². The maximum atomic E-state index is 6.26. The largest absolute Gasteiger partial charge is 0.494 e. The van der Waals surface area contributed by atoms with Crippen molar-refractivity contribution in [3.05, 3.63) is 23.8 Å². The molecule has 0 spiro atoms. The summed E-state index contributed by atoms with van der Waals surface area (Å²) in [4.78, 5) is 4.66. The molecule has 0 N–H and O–H groups in total. The van der Waals surface area contributed by atoms with Crippen LogP contribution in [0.2, 0.25) is 0 Å². The van der Waals surface area contributed by atoms with E-state index in [4.69, 9.17) is 14.0 Å². The minimum absolute atomic E-state index is 0.240. The Morgan fingerprint density at radius 3 is 2.11 bits per heavy atom. The third-order valence-corrected chi connectivity index (χ3v) is 5.88. The Bertz CT molecular complexity index is 651.